The molecule has 26 heavy (non-hydrogen) atoms. The summed E-state index contributed by atoms with van der Waals surface area (Å²) in [5, 5.41) is 0. The van der Waals surface area contributed by atoms with Gasteiger partial charge in [0, 0.05) is 11.8 Å². The average Bonchev–Trinajstić information content (AvgIpc) is 2.58. The van der Waals surface area contributed by atoms with E-state index in [9.17, 15) is 0 Å². The summed E-state index contributed by atoms with van der Waals surface area (Å²) in [5.74, 6) is 1.73. The van der Waals surface area contributed by atoms with Crippen LogP contribution >= 0.6 is 0 Å². The molecule has 2 rings (SSSR count). The van der Waals surface area contributed by atoms with Crippen molar-refractivity contribution in [1.82, 2.24) is 4.98 Å². The van der Waals surface area contributed by atoms with E-state index in [-0.39, 0.29) is 5.41 Å². The predicted molar refractivity (Wildman–Crippen MR) is 111 cm³/mol. The lowest BCUT2D eigenvalue weighted by molar-refractivity contribution is 0.159. The normalized spacial score (nSPS) is 13.1. The van der Waals surface area contributed by atoms with Crippen LogP contribution < -0.4 is 4.74 Å². The van der Waals surface area contributed by atoms with E-state index >= 15 is 0 Å². The van der Waals surface area contributed by atoms with Crippen molar-refractivity contribution in [2.75, 3.05) is 6.61 Å². The minimum atomic E-state index is 0.127. The molecule has 1 unspecified atom stereocenters. The summed E-state index contributed by atoms with van der Waals surface area (Å²) in [6, 6.07) is 12.9. The van der Waals surface area contributed by atoms with Gasteiger partial charge in [0.15, 0.2) is 0 Å². The topological polar surface area (TPSA) is 22.1 Å². The summed E-state index contributed by atoms with van der Waals surface area (Å²) < 4.78 is 6.03. The molecule has 2 aromatic rings. The Hall–Kier alpha value is -1.83. The van der Waals surface area contributed by atoms with Crippen molar-refractivity contribution in [2.24, 2.45) is 5.41 Å². The van der Waals surface area contributed by atoms with E-state index in [2.05, 4.69) is 77.7 Å². The summed E-state index contributed by atoms with van der Waals surface area (Å²) >= 11 is 0. The molecule has 0 saturated carbocycles. The SMILES string of the molecule is Cc1ccc(C(C)CCC(C)(C)COc2cccc(C(C)C)n2)c(C)c1. The van der Waals surface area contributed by atoms with Gasteiger partial charge in [-0.15, -0.1) is 0 Å². The van der Waals surface area contributed by atoms with Crippen LogP contribution in [0.15, 0.2) is 36.4 Å². The molecule has 142 valence electrons. The second kappa shape index (κ2) is 8.70. The van der Waals surface area contributed by atoms with Crippen molar-refractivity contribution in [1.29, 1.82) is 0 Å². The van der Waals surface area contributed by atoms with Crippen molar-refractivity contribution < 1.29 is 4.74 Å². The van der Waals surface area contributed by atoms with Gasteiger partial charge >= 0.3 is 0 Å². The molecule has 1 aromatic heterocycles. The van der Waals surface area contributed by atoms with E-state index < -0.39 is 0 Å². The molecule has 2 nitrogen and oxygen atoms in total. The van der Waals surface area contributed by atoms with Crippen LogP contribution in [-0.4, -0.2) is 11.6 Å². The van der Waals surface area contributed by atoms with Crippen molar-refractivity contribution in [3.8, 4) is 5.88 Å². The standard InChI is InChI=1S/C24H35NO/c1-17(2)22-9-8-10-23(25-22)26-16-24(6,7)14-13-19(4)21-12-11-18(3)15-20(21)5/h8-12,15,17,19H,13-14,16H2,1-7H3. The number of ether oxygens (including phenoxy) is 1. The zero-order chi connectivity index (χ0) is 19.3. The molecule has 1 heterocycles. The van der Waals surface area contributed by atoms with Gasteiger partial charge in [0.1, 0.15) is 0 Å². The molecule has 0 N–H and O–H groups in total. The molecular weight excluding hydrogens is 318 g/mol. The van der Waals surface area contributed by atoms with Crippen molar-refractivity contribution >= 4 is 0 Å². The van der Waals surface area contributed by atoms with Crippen molar-refractivity contribution in [2.45, 2.75) is 73.1 Å². The third-order valence-electron chi connectivity index (χ3n) is 5.16. The van der Waals surface area contributed by atoms with E-state index in [1.165, 1.54) is 23.1 Å². The van der Waals surface area contributed by atoms with Gasteiger partial charge in [0.2, 0.25) is 5.88 Å². The number of pyridine rings is 1. The molecule has 0 fully saturated rings. The highest BCUT2D eigenvalue weighted by molar-refractivity contribution is 5.32. The number of aromatic nitrogens is 1. The number of rotatable bonds is 8. The predicted octanol–water partition coefficient (Wildman–Crippen LogP) is 6.81. The molecule has 1 atom stereocenters. The second-order valence-corrected chi connectivity index (χ2v) is 8.81. The molecule has 1 aromatic carbocycles. The van der Waals surface area contributed by atoms with Gasteiger partial charge in [0.25, 0.3) is 0 Å². The number of benzene rings is 1. The van der Waals surface area contributed by atoms with Gasteiger partial charge in [-0.25, -0.2) is 4.98 Å². The molecule has 2 heteroatoms. The summed E-state index contributed by atoms with van der Waals surface area (Å²) in [5.41, 5.74) is 5.43. The Kier molecular flexibility index (Phi) is 6.86. The van der Waals surface area contributed by atoms with Crippen LogP contribution in [0, 0.1) is 19.3 Å². The zero-order valence-electron chi connectivity index (χ0n) is 17.6. The minimum absolute atomic E-state index is 0.127. The summed E-state index contributed by atoms with van der Waals surface area (Å²) in [6.45, 7) is 16.3. The van der Waals surface area contributed by atoms with Gasteiger partial charge in [-0.05, 0) is 61.1 Å². The van der Waals surface area contributed by atoms with Crippen molar-refractivity contribution in [3.63, 3.8) is 0 Å². The third-order valence-corrected chi connectivity index (χ3v) is 5.16. The number of nitrogens with zero attached hydrogens (tertiary/aromatic N) is 1. The van der Waals surface area contributed by atoms with Crippen molar-refractivity contribution in [3.05, 3.63) is 58.8 Å². The smallest absolute Gasteiger partial charge is 0.213 e. The fourth-order valence-electron chi connectivity index (χ4n) is 3.32. The number of aryl methyl sites for hydroxylation is 2. The first-order valence-corrected chi connectivity index (χ1v) is 9.85. The summed E-state index contributed by atoms with van der Waals surface area (Å²) in [4.78, 5) is 4.62. The van der Waals surface area contributed by atoms with E-state index in [1.807, 2.05) is 12.1 Å². The van der Waals surface area contributed by atoms with Crippen LogP contribution in [0.5, 0.6) is 5.88 Å². The molecule has 0 bridgehead atoms. The van der Waals surface area contributed by atoms with Gasteiger partial charge in [-0.1, -0.05) is 64.4 Å². The van der Waals surface area contributed by atoms with E-state index in [1.54, 1.807) is 0 Å². The lowest BCUT2D eigenvalue weighted by Gasteiger charge is -2.26. The van der Waals surface area contributed by atoms with Crippen LogP contribution in [0.4, 0.5) is 0 Å². The van der Waals surface area contributed by atoms with Gasteiger partial charge < -0.3 is 4.74 Å². The van der Waals surface area contributed by atoms with Gasteiger partial charge in [-0.2, -0.15) is 0 Å². The van der Waals surface area contributed by atoms with Crippen LogP contribution in [0.2, 0.25) is 0 Å². The Morgan fingerprint density at radius 2 is 1.77 bits per heavy atom. The Bertz CT molecular complexity index is 718. The first kappa shape index (κ1) is 20.5. The maximum Gasteiger partial charge on any atom is 0.213 e. The van der Waals surface area contributed by atoms with Gasteiger partial charge in [0.05, 0.1) is 6.61 Å². The highest BCUT2D eigenvalue weighted by Crippen LogP contribution is 2.31. The molecule has 0 aliphatic carbocycles. The van der Waals surface area contributed by atoms with Crippen LogP contribution in [0.3, 0.4) is 0 Å². The fourth-order valence-corrected chi connectivity index (χ4v) is 3.32. The Labute approximate surface area is 160 Å². The molecule has 0 aliphatic heterocycles. The Morgan fingerprint density at radius 1 is 1.04 bits per heavy atom. The monoisotopic (exact) mass is 353 g/mol. The third kappa shape index (κ3) is 5.86. The highest BCUT2D eigenvalue weighted by Gasteiger charge is 2.21. The minimum Gasteiger partial charge on any atom is -0.477 e. The maximum absolute atomic E-state index is 6.03. The first-order chi connectivity index (χ1) is 12.2. The highest BCUT2D eigenvalue weighted by atomic mass is 16.5. The summed E-state index contributed by atoms with van der Waals surface area (Å²) in [7, 11) is 0. The second-order valence-electron chi connectivity index (χ2n) is 8.81. The number of hydrogen-bond donors (Lipinski definition) is 0. The molecule has 0 amide bonds. The molecule has 0 radical (unpaired) electrons. The van der Waals surface area contributed by atoms with Crippen LogP contribution in [0.25, 0.3) is 0 Å². The number of hydrogen-bond acceptors (Lipinski definition) is 2. The lowest BCUT2D eigenvalue weighted by atomic mass is 9.83. The molecule has 0 aliphatic rings. The van der Waals surface area contributed by atoms with Gasteiger partial charge in [-0.3, -0.25) is 0 Å². The maximum atomic E-state index is 6.03. The van der Waals surface area contributed by atoms with Crippen LogP contribution in [0.1, 0.15) is 81.7 Å². The van der Waals surface area contributed by atoms with E-state index in [0.717, 1.165) is 18.0 Å². The molecular formula is C24H35NO. The average molecular weight is 354 g/mol. The zero-order valence-corrected chi connectivity index (χ0v) is 17.6. The Morgan fingerprint density at radius 3 is 2.42 bits per heavy atom. The fraction of sp³-hybridized carbons (Fsp3) is 0.542. The van der Waals surface area contributed by atoms with Crippen LogP contribution in [-0.2, 0) is 0 Å². The molecule has 0 spiro atoms. The van der Waals surface area contributed by atoms with E-state index in [0.29, 0.717) is 18.4 Å². The van der Waals surface area contributed by atoms with E-state index in [4.69, 9.17) is 4.74 Å². The molecule has 0 saturated heterocycles. The Balaban J connectivity index is 1.91. The largest absolute Gasteiger partial charge is 0.477 e. The summed E-state index contributed by atoms with van der Waals surface area (Å²) in [6.07, 6.45) is 2.30. The first-order valence-electron chi connectivity index (χ1n) is 9.85. The quantitative estimate of drug-likeness (QED) is 0.520. The lowest BCUT2D eigenvalue weighted by Crippen LogP contribution is -2.22.